The van der Waals surface area contributed by atoms with Gasteiger partial charge in [0.1, 0.15) is 0 Å². The van der Waals surface area contributed by atoms with Gasteiger partial charge >= 0.3 is 6.18 Å². The lowest BCUT2D eigenvalue weighted by molar-refractivity contribution is -0.137. The molecule has 4 rings (SSSR count). The minimum Gasteiger partial charge on any atom is -0.350 e. The molecule has 0 spiro atoms. The Morgan fingerprint density at radius 1 is 0.941 bits per heavy atom. The number of rotatable bonds is 7. The van der Waals surface area contributed by atoms with Crippen LogP contribution in [0.3, 0.4) is 0 Å². The molecule has 5 nitrogen and oxygen atoms in total. The third kappa shape index (κ3) is 6.93. The highest BCUT2D eigenvalue weighted by atomic mass is 19.4. The van der Waals surface area contributed by atoms with Crippen LogP contribution < -0.4 is 10.6 Å². The van der Waals surface area contributed by atoms with Crippen molar-refractivity contribution < 1.29 is 22.8 Å². The molecule has 34 heavy (non-hydrogen) atoms. The van der Waals surface area contributed by atoms with Gasteiger partial charge in [0.15, 0.2) is 0 Å². The Hall–Kier alpha value is -3.13. The monoisotopic (exact) mass is 471 g/mol. The van der Waals surface area contributed by atoms with Gasteiger partial charge in [0, 0.05) is 43.4 Å². The Morgan fingerprint density at radius 2 is 1.62 bits per heavy atom. The van der Waals surface area contributed by atoms with Crippen molar-refractivity contribution in [2.24, 2.45) is 0 Å². The van der Waals surface area contributed by atoms with Crippen LogP contribution in [0.25, 0.3) is 6.08 Å². The molecular weight excluding hydrogens is 443 g/mol. The molecule has 2 amide bonds. The predicted octanol–water partition coefficient (Wildman–Crippen LogP) is 4.39. The third-order valence-corrected chi connectivity index (χ3v) is 6.11. The highest BCUT2D eigenvalue weighted by molar-refractivity contribution is 5.95. The van der Waals surface area contributed by atoms with Crippen LogP contribution >= 0.6 is 0 Å². The fourth-order valence-corrected chi connectivity index (χ4v) is 4.00. The number of hydrogen-bond acceptors (Lipinski definition) is 3. The number of nitrogens with one attached hydrogen (secondary N) is 2. The molecule has 1 saturated heterocycles. The average Bonchev–Trinajstić information content (AvgIpc) is 3.63. The molecule has 2 aromatic carbocycles. The van der Waals surface area contributed by atoms with E-state index in [0.717, 1.165) is 37.3 Å². The van der Waals surface area contributed by atoms with Gasteiger partial charge in [-0.15, -0.1) is 0 Å². The van der Waals surface area contributed by atoms with Gasteiger partial charge in [-0.2, -0.15) is 13.2 Å². The predicted molar refractivity (Wildman–Crippen MR) is 124 cm³/mol. The van der Waals surface area contributed by atoms with Gasteiger partial charge in [-0.1, -0.05) is 30.3 Å². The fourth-order valence-electron chi connectivity index (χ4n) is 4.00. The second-order valence-electron chi connectivity index (χ2n) is 8.96. The number of amides is 2. The maximum atomic E-state index is 12.9. The number of halogens is 3. The molecule has 0 bridgehead atoms. The van der Waals surface area contributed by atoms with Crippen molar-refractivity contribution in [3.8, 4) is 0 Å². The molecule has 2 aliphatic rings. The molecule has 2 fully saturated rings. The van der Waals surface area contributed by atoms with Crippen LogP contribution in [0.2, 0.25) is 0 Å². The largest absolute Gasteiger partial charge is 0.416 e. The maximum Gasteiger partial charge on any atom is 0.416 e. The van der Waals surface area contributed by atoms with E-state index in [-0.39, 0.29) is 17.9 Å². The van der Waals surface area contributed by atoms with E-state index < -0.39 is 11.7 Å². The van der Waals surface area contributed by atoms with Crippen molar-refractivity contribution >= 4 is 17.9 Å². The number of alkyl halides is 3. The highest BCUT2D eigenvalue weighted by Gasteiger charge is 2.30. The zero-order valence-electron chi connectivity index (χ0n) is 18.8. The Balaban J connectivity index is 1.21. The van der Waals surface area contributed by atoms with E-state index in [1.54, 1.807) is 36.4 Å². The molecule has 0 unspecified atom stereocenters. The molecule has 0 aromatic heterocycles. The number of likely N-dealkylation sites (tertiary alicyclic amines) is 1. The first-order valence-electron chi connectivity index (χ1n) is 11.5. The minimum absolute atomic E-state index is 0.0309. The van der Waals surface area contributed by atoms with Crippen molar-refractivity contribution in [3.63, 3.8) is 0 Å². The van der Waals surface area contributed by atoms with Crippen LogP contribution in [0, 0.1) is 0 Å². The summed E-state index contributed by atoms with van der Waals surface area (Å²) < 4.78 is 38.7. The summed E-state index contributed by atoms with van der Waals surface area (Å²) in [6, 6.07) is 12.9. The second kappa shape index (κ2) is 10.4. The number of benzene rings is 2. The summed E-state index contributed by atoms with van der Waals surface area (Å²) in [4.78, 5) is 26.4. The summed E-state index contributed by atoms with van der Waals surface area (Å²) in [6.07, 6.45) is 2.40. The van der Waals surface area contributed by atoms with Crippen LogP contribution in [0.5, 0.6) is 0 Å². The zero-order valence-corrected chi connectivity index (χ0v) is 18.8. The Labute approximate surface area is 197 Å². The Kier molecular flexibility index (Phi) is 7.36. The van der Waals surface area contributed by atoms with E-state index >= 15 is 0 Å². The van der Waals surface area contributed by atoms with Gasteiger partial charge in [-0.05, 0) is 61.1 Å². The van der Waals surface area contributed by atoms with E-state index in [1.807, 2.05) is 0 Å². The van der Waals surface area contributed by atoms with Crippen molar-refractivity contribution in [3.05, 3.63) is 76.9 Å². The standard InChI is InChI=1S/C26H28F3N3O2/c27-26(28,29)21-3-1-2-19(16-21)17-32-14-12-23(13-15-32)30-24(33)11-6-18-4-7-20(8-5-18)25(34)31-22-9-10-22/h1-8,11,16,22-23H,9-10,12-15,17H2,(H,30,33)(H,31,34). The first kappa shape index (κ1) is 24.0. The van der Waals surface area contributed by atoms with Crippen LogP contribution in [0.15, 0.2) is 54.6 Å². The van der Waals surface area contributed by atoms with Crippen molar-refractivity contribution in [1.82, 2.24) is 15.5 Å². The summed E-state index contributed by atoms with van der Waals surface area (Å²) in [5.41, 5.74) is 1.44. The molecule has 1 saturated carbocycles. The molecule has 0 radical (unpaired) electrons. The molecule has 2 aromatic rings. The molecule has 180 valence electrons. The van der Waals surface area contributed by atoms with E-state index in [9.17, 15) is 22.8 Å². The number of carbonyl (C=O) groups excluding carboxylic acids is 2. The lowest BCUT2D eigenvalue weighted by atomic mass is 10.0. The van der Waals surface area contributed by atoms with E-state index in [2.05, 4.69) is 15.5 Å². The van der Waals surface area contributed by atoms with Crippen LogP contribution in [0.4, 0.5) is 13.2 Å². The summed E-state index contributed by atoms with van der Waals surface area (Å²) in [5, 5.41) is 5.94. The smallest absolute Gasteiger partial charge is 0.350 e. The van der Waals surface area contributed by atoms with Crippen LogP contribution in [0.1, 0.15) is 52.7 Å². The molecule has 1 aliphatic carbocycles. The fraction of sp³-hybridized carbons (Fsp3) is 0.385. The SMILES string of the molecule is O=C(C=Cc1ccc(C(=O)NC2CC2)cc1)NC1CCN(Cc2cccc(C(F)(F)F)c2)CC1. The summed E-state index contributed by atoms with van der Waals surface area (Å²) in [6.45, 7) is 1.86. The molecular formula is C26H28F3N3O2. The van der Waals surface area contributed by atoms with Gasteiger partial charge in [0.2, 0.25) is 5.91 Å². The number of piperidine rings is 1. The lowest BCUT2D eigenvalue weighted by Crippen LogP contribution is -2.43. The number of hydrogen-bond donors (Lipinski definition) is 2. The van der Waals surface area contributed by atoms with Gasteiger partial charge in [-0.3, -0.25) is 14.5 Å². The van der Waals surface area contributed by atoms with Crippen molar-refractivity contribution in [2.75, 3.05) is 13.1 Å². The average molecular weight is 472 g/mol. The topological polar surface area (TPSA) is 61.4 Å². The quantitative estimate of drug-likeness (QED) is 0.589. The minimum atomic E-state index is -4.34. The lowest BCUT2D eigenvalue weighted by Gasteiger charge is -2.32. The molecule has 2 N–H and O–H groups in total. The molecule has 1 heterocycles. The van der Waals surface area contributed by atoms with Crippen molar-refractivity contribution in [2.45, 2.75) is 50.5 Å². The Morgan fingerprint density at radius 3 is 2.26 bits per heavy atom. The van der Waals surface area contributed by atoms with Gasteiger partial charge in [0.05, 0.1) is 5.56 Å². The van der Waals surface area contributed by atoms with Gasteiger partial charge in [-0.25, -0.2) is 0 Å². The summed E-state index contributed by atoms with van der Waals surface area (Å²) in [7, 11) is 0. The second-order valence-corrected chi connectivity index (χ2v) is 8.96. The number of nitrogens with zero attached hydrogens (tertiary/aromatic N) is 1. The first-order valence-corrected chi connectivity index (χ1v) is 11.5. The van der Waals surface area contributed by atoms with Gasteiger partial charge < -0.3 is 10.6 Å². The van der Waals surface area contributed by atoms with Gasteiger partial charge in [0.25, 0.3) is 5.91 Å². The normalized spacial score (nSPS) is 17.6. The summed E-state index contributed by atoms with van der Waals surface area (Å²) >= 11 is 0. The van der Waals surface area contributed by atoms with E-state index in [1.165, 1.54) is 18.2 Å². The van der Waals surface area contributed by atoms with E-state index in [4.69, 9.17) is 0 Å². The first-order chi connectivity index (χ1) is 16.3. The zero-order chi connectivity index (χ0) is 24.1. The van der Waals surface area contributed by atoms with Crippen molar-refractivity contribution in [1.29, 1.82) is 0 Å². The molecule has 0 atom stereocenters. The van der Waals surface area contributed by atoms with Crippen LogP contribution in [-0.4, -0.2) is 41.9 Å². The highest BCUT2D eigenvalue weighted by Crippen LogP contribution is 2.30. The maximum absolute atomic E-state index is 12.9. The summed E-state index contributed by atoms with van der Waals surface area (Å²) in [5.74, 6) is -0.262. The number of carbonyl (C=O) groups is 2. The van der Waals surface area contributed by atoms with Crippen LogP contribution in [-0.2, 0) is 17.5 Å². The molecule has 8 heteroatoms. The molecule has 1 aliphatic heterocycles. The Bertz CT molecular complexity index is 1040. The van der Waals surface area contributed by atoms with E-state index in [0.29, 0.717) is 36.8 Å². The third-order valence-electron chi connectivity index (χ3n) is 6.11.